The minimum Gasteiger partial charge on any atom is -0.444 e. The summed E-state index contributed by atoms with van der Waals surface area (Å²) in [6.07, 6.45) is 0.597. The van der Waals surface area contributed by atoms with Gasteiger partial charge in [-0.25, -0.2) is 9.18 Å². The molecule has 5 heteroatoms. The fourth-order valence-corrected chi connectivity index (χ4v) is 3.10. The van der Waals surface area contributed by atoms with E-state index in [0.717, 1.165) is 12.8 Å². The minimum atomic E-state index is -0.903. The number of nitrogens with zero attached hydrogens (tertiary/aromatic N) is 1. The SMILES string of the molecule is CC(C)(C)OC(=O)N1[C@H]2CC[C@H]([C@H](F)C2)[C@H]1CO. The highest BCUT2D eigenvalue weighted by Gasteiger charge is 2.50. The number of aliphatic hydroxyl groups excluding tert-OH is 1. The van der Waals surface area contributed by atoms with Crippen molar-refractivity contribution in [1.82, 2.24) is 4.90 Å². The molecule has 0 aromatic rings. The van der Waals surface area contributed by atoms with Crippen LogP contribution in [0.4, 0.5) is 9.18 Å². The summed E-state index contributed by atoms with van der Waals surface area (Å²) in [5.41, 5.74) is -0.567. The summed E-state index contributed by atoms with van der Waals surface area (Å²) >= 11 is 0. The van der Waals surface area contributed by atoms with Gasteiger partial charge in [-0.15, -0.1) is 0 Å². The number of fused-ring (bicyclic) bond motifs is 3. The van der Waals surface area contributed by atoms with Gasteiger partial charge in [0, 0.05) is 12.0 Å². The number of ether oxygens (including phenoxy) is 1. The molecule has 0 radical (unpaired) electrons. The van der Waals surface area contributed by atoms with E-state index in [2.05, 4.69) is 0 Å². The second-order valence-corrected chi connectivity index (χ2v) is 6.28. The normalized spacial score (nSPS) is 35.7. The molecule has 4 atom stereocenters. The van der Waals surface area contributed by atoms with Crippen LogP contribution in [-0.2, 0) is 4.74 Å². The fourth-order valence-electron chi connectivity index (χ4n) is 3.10. The van der Waals surface area contributed by atoms with Crippen LogP contribution in [0.15, 0.2) is 0 Å². The molecule has 3 fully saturated rings. The van der Waals surface area contributed by atoms with Crippen LogP contribution < -0.4 is 0 Å². The monoisotopic (exact) mass is 259 g/mol. The van der Waals surface area contributed by atoms with E-state index < -0.39 is 23.9 Å². The van der Waals surface area contributed by atoms with Crippen LogP contribution in [0.2, 0.25) is 0 Å². The minimum absolute atomic E-state index is 0.128. The molecule has 2 aliphatic heterocycles. The smallest absolute Gasteiger partial charge is 0.410 e. The van der Waals surface area contributed by atoms with Gasteiger partial charge in [0.2, 0.25) is 0 Å². The first-order valence-corrected chi connectivity index (χ1v) is 6.59. The second kappa shape index (κ2) is 4.68. The first kappa shape index (κ1) is 13.6. The molecule has 3 aliphatic rings. The van der Waals surface area contributed by atoms with E-state index >= 15 is 0 Å². The first-order valence-electron chi connectivity index (χ1n) is 6.59. The van der Waals surface area contributed by atoms with Gasteiger partial charge in [0.25, 0.3) is 0 Å². The van der Waals surface area contributed by atoms with E-state index in [1.807, 2.05) is 0 Å². The zero-order valence-electron chi connectivity index (χ0n) is 11.2. The fraction of sp³-hybridized carbons (Fsp3) is 0.923. The highest BCUT2D eigenvalue weighted by atomic mass is 19.1. The van der Waals surface area contributed by atoms with E-state index in [1.54, 1.807) is 25.7 Å². The Morgan fingerprint density at radius 2 is 2.11 bits per heavy atom. The Morgan fingerprint density at radius 1 is 1.44 bits per heavy atom. The van der Waals surface area contributed by atoms with E-state index in [9.17, 15) is 14.3 Å². The summed E-state index contributed by atoms with van der Waals surface area (Å²) in [4.78, 5) is 13.7. The number of hydrogen-bond acceptors (Lipinski definition) is 3. The van der Waals surface area contributed by atoms with Crippen LogP contribution >= 0.6 is 0 Å². The van der Waals surface area contributed by atoms with Gasteiger partial charge in [-0.3, -0.25) is 4.90 Å². The van der Waals surface area contributed by atoms with Gasteiger partial charge in [-0.1, -0.05) is 0 Å². The molecule has 1 saturated carbocycles. The molecule has 1 amide bonds. The van der Waals surface area contributed by atoms with Gasteiger partial charge in [0.1, 0.15) is 11.8 Å². The second-order valence-electron chi connectivity index (χ2n) is 6.28. The van der Waals surface area contributed by atoms with Crippen LogP contribution in [0, 0.1) is 5.92 Å². The van der Waals surface area contributed by atoms with Gasteiger partial charge in [-0.05, 0) is 40.0 Å². The third-order valence-electron chi connectivity index (χ3n) is 3.83. The Kier molecular flexibility index (Phi) is 3.54. The van der Waals surface area contributed by atoms with Crippen LogP contribution in [0.1, 0.15) is 40.0 Å². The van der Waals surface area contributed by atoms with Crippen molar-refractivity contribution in [3.8, 4) is 0 Å². The first-order chi connectivity index (χ1) is 8.33. The zero-order valence-corrected chi connectivity index (χ0v) is 11.2. The number of amides is 1. The Morgan fingerprint density at radius 3 is 2.61 bits per heavy atom. The van der Waals surface area contributed by atoms with Gasteiger partial charge in [0.15, 0.2) is 0 Å². The Hall–Kier alpha value is -0.840. The lowest BCUT2D eigenvalue weighted by Crippen LogP contribution is -2.63. The molecule has 3 rings (SSSR count). The maximum atomic E-state index is 13.8. The predicted octanol–water partition coefficient (Wildman–Crippen LogP) is 2.10. The summed E-state index contributed by atoms with van der Waals surface area (Å²) in [5, 5.41) is 9.43. The number of carbonyl (C=O) groups is 1. The average molecular weight is 259 g/mol. The van der Waals surface area contributed by atoms with Gasteiger partial charge < -0.3 is 9.84 Å². The molecular weight excluding hydrogens is 237 g/mol. The summed E-state index contributed by atoms with van der Waals surface area (Å²) < 4.78 is 19.2. The number of carbonyl (C=O) groups excluding carboxylic acids is 1. The molecular formula is C13H22FNO3. The van der Waals surface area contributed by atoms with Crippen molar-refractivity contribution in [2.45, 2.75) is 63.9 Å². The summed E-state index contributed by atoms with van der Waals surface area (Å²) in [7, 11) is 0. The van der Waals surface area contributed by atoms with Crippen LogP contribution in [0.25, 0.3) is 0 Å². The number of piperidine rings is 2. The molecule has 4 nitrogen and oxygen atoms in total. The molecule has 2 bridgehead atoms. The molecule has 0 aromatic heterocycles. The van der Waals surface area contributed by atoms with E-state index in [0.29, 0.717) is 6.42 Å². The van der Waals surface area contributed by atoms with Crippen LogP contribution in [0.5, 0.6) is 0 Å². The van der Waals surface area contributed by atoms with E-state index in [-0.39, 0.29) is 18.6 Å². The van der Waals surface area contributed by atoms with Crippen molar-refractivity contribution in [2.24, 2.45) is 5.92 Å². The lowest BCUT2D eigenvalue weighted by atomic mass is 9.73. The lowest BCUT2D eigenvalue weighted by Gasteiger charge is -2.51. The number of alkyl halides is 1. The van der Waals surface area contributed by atoms with Gasteiger partial charge in [-0.2, -0.15) is 0 Å². The summed E-state index contributed by atoms with van der Waals surface area (Å²) in [6.45, 7) is 5.22. The van der Waals surface area contributed by atoms with Crippen LogP contribution in [-0.4, -0.2) is 46.6 Å². The largest absolute Gasteiger partial charge is 0.444 e. The topological polar surface area (TPSA) is 49.8 Å². The van der Waals surface area contributed by atoms with Crippen molar-refractivity contribution >= 4 is 6.09 Å². The van der Waals surface area contributed by atoms with Crippen molar-refractivity contribution in [1.29, 1.82) is 0 Å². The third kappa shape index (κ3) is 2.46. The molecule has 0 spiro atoms. The molecule has 1 aliphatic carbocycles. The van der Waals surface area contributed by atoms with Crippen LogP contribution in [0.3, 0.4) is 0 Å². The standard InChI is InChI=1S/C13H22FNO3/c1-13(2,3)18-12(17)15-8-4-5-9(10(14)6-8)11(15)7-16/h8-11,16H,4-7H2,1-3H3/t8-,9+,10+,11+/m0/s1. The number of aliphatic hydroxyl groups is 1. The molecule has 2 heterocycles. The maximum Gasteiger partial charge on any atom is 0.410 e. The quantitative estimate of drug-likeness (QED) is 0.784. The summed E-state index contributed by atoms with van der Waals surface area (Å²) in [5.74, 6) is -0.243. The van der Waals surface area contributed by atoms with E-state index in [1.165, 1.54) is 0 Å². The number of rotatable bonds is 1. The van der Waals surface area contributed by atoms with Crippen molar-refractivity contribution in [3.63, 3.8) is 0 Å². The number of hydrogen-bond donors (Lipinski definition) is 1. The Labute approximate surface area is 107 Å². The molecule has 0 aromatic carbocycles. The molecule has 2 saturated heterocycles. The Balaban J connectivity index is 2.14. The zero-order chi connectivity index (χ0) is 13.5. The van der Waals surface area contributed by atoms with Crippen molar-refractivity contribution in [2.75, 3.05) is 6.61 Å². The molecule has 0 unspecified atom stereocenters. The highest BCUT2D eigenvalue weighted by Crippen LogP contribution is 2.41. The summed E-state index contributed by atoms with van der Waals surface area (Å²) in [6, 6.07) is -0.556. The molecule has 1 N–H and O–H groups in total. The third-order valence-corrected chi connectivity index (χ3v) is 3.83. The highest BCUT2D eigenvalue weighted by molar-refractivity contribution is 5.69. The average Bonchev–Trinajstić information content (AvgIpc) is 2.25. The van der Waals surface area contributed by atoms with Gasteiger partial charge in [0.05, 0.1) is 12.6 Å². The number of halogens is 1. The molecule has 18 heavy (non-hydrogen) atoms. The maximum absolute atomic E-state index is 13.8. The lowest BCUT2D eigenvalue weighted by molar-refractivity contribution is -0.0821. The van der Waals surface area contributed by atoms with E-state index in [4.69, 9.17) is 4.74 Å². The molecule has 104 valence electrons. The predicted molar refractivity (Wildman–Crippen MR) is 65.0 cm³/mol. The van der Waals surface area contributed by atoms with Crippen molar-refractivity contribution < 1.29 is 19.0 Å². The van der Waals surface area contributed by atoms with Crippen molar-refractivity contribution in [3.05, 3.63) is 0 Å². The Bertz CT molecular complexity index is 329. The van der Waals surface area contributed by atoms with Gasteiger partial charge >= 0.3 is 6.09 Å².